The van der Waals surface area contributed by atoms with E-state index in [1.165, 1.54) is 13.5 Å². The van der Waals surface area contributed by atoms with Crippen LogP contribution in [0, 0.1) is 17.8 Å². The van der Waals surface area contributed by atoms with Crippen LogP contribution in [0.1, 0.15) is 62.3 Å². The van der Waals surface area contributed by atoms with Crippen LogP contribution in [-0.2, 0) is 14.3 Å². The Kier molecular flexibility index (Phi) is 8.14. The summed E-state index contributed by atoms with van der Waals surface area (Å²) in [5.41, 5.74) is 5.38. The molecule has 5 fully saturated rings. The maximum absolute atomic E-state index is 14.2. The van der Waals surface area contributed by atoms with E-state index in [1.807, 2.05) is 17.0 Å². The molecule has 0 spiro atoms. The summed E-state index contributed by atoms with van der Waals surface area (Å²) in [4.78, 5) is 44.8. The number of aromatic nitrogens is 4. The van der Waals surface area contributed by atoms with E-state index in [2.05, 4.69) is 57.0 Å². The first kappa shape index (κ1) is 32.0. The number of fused-ring (bicyclic) bond motifs is 2. The summed E-state index contributed by atoms with van der Waals surface area (Å²) in [5, 5.41) is 7.46. The van der Waals surface area contributed by atoms with Crippen LogP contribution in [0.25, 0.3) is 33.6 Å². The SMILES string of the molecule is COC(=O)N[C@H](C(=O)N1[C@@H]2C[C@@H]2C[C@H]1c1nc(-c2ccc(-c3ccc(-c4nc([C@@H]5C[C@H]6C[C@H]6N5)[nH]c4Cl)cc3)cc2)c(Cl)[nH]1)C1CCOCC1. The minimum atomic E-state index is -0.687. The molecule has 2 aromatic carbocycles. The number of methoxy groups -OCH3 is 1. The van der Waals surface area contributed by atoms with Gasteiger partial charge in [0, 0.05) is 36.4 Å². The van der Waals surface area contributed by atoms with Crippen LogP contribution in [0.2, 0.25) is 10.3 Å². The topological polar surface area (TPSA) is 137 Å². The second kappa shape index (κ2) is 12.7. The molecule has 0 unspecified atom stereocenters. The van der Waals surface area contributed by atoms with Gasteiger partial charge in [0.15, 0.2) is 0 Å². The highest BCUT2D eigenvalue weighted by atomic mass is 35.5. The number of amides is 2. The number of piperidine rings is 2. The van der Waals surface area contributed by atoms with E-state index >= 15 is 0 Å². The smallest absolute Gasteiger partial charge is 0.407 e. The standard InChI is InChI=1S/C37H39Cl2N7O4/c1-49-37(48)43-31(22-10-12-50-13-11-22)36(47)46-27-16-24(27)17-28(46)35-42-30(33(39)45-35)21-8-4-19(5-9-21)18-2-6-20(7-3-18)29-32(38)44-34(41-29)26-15-23-14-25(23)40-26/h2-9,22-28,31,40H,10-17H2,1H3,(H,41,44)(H,42,45)(H,43,48)/t23-,24-,25-,26+,27-,28+,31+/m1/s1. The summed E-state index contributed by atoms with van der Waals surface area (Å²) in [5.74, 6) is 2.64. The number of imidazole rings is 2. The maximum atomic E-state index is 14.2. The maximum Gasteiger partial charge on any atom is 0.407 e. The predicted octanol–water partition coefficient (Wildman–Crippen LogP) is 6.68. The van der Waals surface area contributed by atoms with Crippen molar-refractivity contribution in [2.45, 2.75) is 68.7 Å². The van der Waals surface area contributed by atoms with E-state index in [-0.39, 0.29) is 30.0 Å². The number of nitrogens with zero attached hydrogens (tertiary/aromatic N) is 3. The average molecular weight is 717 g/mol. The molecule has 5 aliphatic rings. The molecule has 9 rings (SSSR count). The molecule has 13 heteroatoms. The van der Waals surface area contributed by atoms with Crippen LogP contribution >= 0.6 is 23.2 Å². The number of likely N-dealkylation sites (tertiary alicyclic amines) is 1. The van der Waals surface area contributed by atoms with Crippen molar-refractivity contribution in [2.75, 3.05) is 20.3 Å². The summed E-state index contributed by atoms with van der Waals surface area (Å²) in [6, 6.07) is 16.5. The van der Waals surface area contributed by atoms with E-state index < -0.39 is 12.1 Å². The van der Waals surface area contributed by atoms with Gasteiger partial charge in [-0.2, -0.15) is 0 Å². The highest BCUT2D eigenvalue weighted by Crippen LogP contribution is 2.54. The lowest BCUT2D eigenvalue weighted by molar-refractivity contribution is -0.138. The number of hydrogen-bond donors (Lipinski definition) is 4. The lowest BCUT2D eigenvalue weighted by Crippen LogP contribution is -2.54. The predicted molar refractivity (Wildman–Crippen MR) is 188 cm³/mol. The largest absolute Gasteiger partial charge is 0.453 e. The first-order valence-corrected chi connectivity index (χ1v) is 18.3. The van der Waals surface area contributed by atoms with Gasteiger partial charge in [-0.05, 0) is 67.4 Å². The molecule has 11 nitrogen and oxygen atoms in total. The van der Waals surface area contributed by atoms with Crippen LogP contribution < -0.4 is 10.6 Å². The van der Waals surface area contributed by atoms with Crippen molar-refractivity contribution >= 4 is 35.2 Å². The van der Waals surface area contributed by atoms with Gasteiger partial charge in [0.1, 0.15) is 39.4 Å². The van der Waals surface area contributed by atoms with Crippen molar-refractivity contribution in [1.29, 1.82) is 0 Å². The first-order chi connectivity index (χ1) is 24.3. The summed E-state index contributed by atoms with van der Waals surface area (Å²) in [7, 11) is 1.31. The van der Waals surface area contributed by atoms with Crippen molar-refractivity contribution in [3.63, 3.8) is 0 Å². The first-order valence-electron chi connectivity index (χ1n) is 17.6. The fourth-order valence-corrected chi connectivity index (χ4v) is 8.91. The number of halogens is 2. The molecule has 2 saturated carbocycles. The number of carbonyl (C=O) groups excluding carboxylic acids is 2. The van der Waals surface area contributed by atoms with Crippen molar-refractivity contribution in [1.82, 2.24) is 35.5 Å². The van der Waals surface area contributed by atoms with Gasteiger partial charge >= 0.3 is 6.09 Å². The summed E-state index contributed by atoms with van der Waals surface area (Å²) in [6.07, 6.45) is 4.93. The molecular weight excluding hydrogens is 677 g/mol. The summed E-state index contributed by atoms with van der Waals surface area (Å²) >= 11 is 13.4. The fourth-order valence-electron chi connectivity index (χ4n) is 8.41. The molecule has 50 heavy (non-hydrogen) atoms. The second-order valence-electron chi connectivity index (χ2n) is 14.4. The van der Waals surface area contributed by atoms with Gasteiger partial charge in [-0.3, -0.25) is 4.79 Å². The van der Waals surface area contributed by atoms with Gasteiger partial charge in [-0.25, -0.2) is 14.8 Å². The van der Waals surface area contributed by atoms with Crippen molar-refractivity contribution in [3.8, 4) is 33.6 Å². The Morgan fingerprint density at radius 2 is 1.44 bits per heavy atom. The second-order valence-corrected chi connectivity index (χ2v) is 15.2. The normalized spacial score (nSPS) is 27.5. The third-order valence-corrected chi connectivity index (χ3v) is 11.9. The minimum absolute atomic E-state index is 0.0280. The average Bonchev–Trinajstić information content (AvgIpc) is 3.80. The molecule has 2 aliphatic carbocycles. The Balaban J connectivity index is 0.911. The van der Waals surface area contributed by atoms with Gasteiger partial charge < -0.3 is 35.0 Å². The molecule has 0 radical (unpaired) electrons. The van der Waals surface area contributed by atoms with Gasteiger partial charge in [0.05, 0.1) is 19.2 Å². The molecule has 2 amide bonds. The highest BCUT2D eigenvalue weighted by Gasteiger charge is 2.57. The van der Waals surface area contributed by atoms with Crippen molar-refractivity contribution in [2.24, 2.45) is 17.8 Å². The molecular formula is C37H39Cl2N7O4. The number of ether oxygens (including phenoxy) is 2. The Hall–Kier alpha value is -3.90. The van der Waals surface area contributed by atoms with E-state index in [1.54, 1.807) is 0 Å². The lowest BCUT2D eigenvalue weighted by atomic mass is 9.90. The molecule has 4 aromatic rings. The number of alkyl carbamates (subject to hydrolysis) is 1. The molecule has 3 aliphatic heterocycles. The van der Waals surface area contributed by atoms with Gasteiger partial charge in [-0.15, -0.1) is 0 Å². The monoisotopic (exact) mass is 715 g/mol. The zero-order chi connectivity index (χ0) is 34.1. The quantitative estimate of drug-likeness (QED) is 0.160. The van der Waals surface area contributed by atoms with Crippen molar-refractivity contribution in [3.05, 3.63) is 70.5 Å². The number of nitrogens with one attached hydrogen (secondary N) is 4. The summed E-state index contributed by atoms with van der Waals surface area (Å²) < 4.78 is 10.4. The van der Waals surface area contributed by atoms with Crippen LogP contribution in [0.5, 0.6) is 0 Å². The number of benzene rings is 2. The highest BCUT2D eigenvalue weighted by molar-refractivity contribution is 6.32. The van der Waals surface area contributed by atoms with Crippen LogP contribution in [-0.4, -0.2) is 75.3 Å². The van der Waals surface area contributed by atoms with Crippen LogP contribution in [0.4, 0.5) is 4.79 Å². The molecule has 4 N–H and O–H groups in total. The number of carbonyl (C=O) groups is 2. The zero-order valence-electron chi connectivity index (χ0n) is 27.6. The van der Waals surface area contributed by atoms with E-state index in [0.717, 1.165) is 59.0 Å². The number of rotatable bonds is 8. The molecule has 2 aromatic heterocycles. The Bertz CT molecular complexity index is 1910. The van der Waals surface area contributed by atoms with E-state index in [0.29, 0.717) is 59.8 Å². The number of H-pyrrole nitrogens is 2. The third-order valence-electron chi connectivity index (χ3n) is 11.3. The number of hydrogen-bond acceptors (Lipinski definition) is 7. The van der Waals surface area contributed by atoms with Crippen molar-refractivity contribution < 1.29 is 19.1 Å². The van der Waals surface area contributed by atoms with Crippen LogP contribution in [0.3, 0.4) is 0 Å². The zero-order valence-corrected chi connectivity index (χ0v) is 29.1. The number of aromatic amines is 2. The van der Waals surface area contributed by atoms with Gasteiger partial charge in [0.25, 0.3) is 0 Å². The molecule has 260 valence electrons. The Morgan fingerprint density at radius 1 is 0.840 bits per heavy atom. The molecule has 0 bridgehead atoms. The third kappa shape index (κ3) is 5.87. The molecule has 7 atom stereocenters. The fraction of sp³-hybridized carbons (Fsp3) is 0.459. The minimum Gasteiger partial charge on any atom is -0.453 e. The Labute approximate surface area is 299 Å². The van der Waals surface area contributed by atoms with E-state index in [4.69, 9.17) is 42.6 Å². The lowest BCUT2D eigenvalue weighted by Gasteiger charge is -2.35. The van der Waals surface area contributed by atoms with Gasteiger partial charge in [0.2, 0.25) is 5.91 Å². The summed E-state index contributed by atoms with van der Waals surface area (Å²) in [6.45, 7) is 1.13. The molecule has 5 heterocycles. The molecule has 3 saturated heterocycles. The van der Waals surface area contributed by atoms with Gasteiger partial charge in [-0.1, -0.05) is 71.7 Å². The van der Waals surface area contributed by atoms with Crippen LogP contribution in [0.15, 0.2) is 48.5 Å². The van der Waals surface area contributed by atoms with E-state index in [9.17, 15) is 9.59 Å². The Morgan fingerprint density at radius 3 is 2.04 bits per heavy atom.